The van der Waals surface area contributed by atoms with Crippen molar-refractivity contribution in [3.63, 3.8) is 0 Å². The lowest BCUT2D eigenvalue weighted by Gasteiger charge is -1.66. The van der Waals surface area contributed by atoms with Crippen molar-refractivity contribution >= 4 is 21.7 Å². The molecule has 0 aromatic carbocycles. The molecular formula is C4H3N3O2S. The Morgan fingerprint density at radius 3 is 2.70 bits per heavy atom. The average Bonchev–Trinajstić information content (AvgIpc) is 2.35. The summed E-state index contributed by atoms with van der Waals surface area (Å²) in [6, 6.07) is 0. The number of rotatable bonds is 0. The van der Waals surface area contributed by atoms with Crippen molar-refractivity contribution in [3.05, 3.63) is 20.0 Å². The second-order valence-corrected chi connectivity index (χ2v) is 2.78. The average molecular weight is 157 g/mol. The Labute approximate surface area is 57.7 Å². The van der Waals surface area contributed by atoms with Gasteiger partial charge in [0, 0.05) is 0 Å². The highest BCUT2D eigenvalue weighted by molar-refractivity contribution is 7.16. The highest BCUT2D eigenvalue weighted by Gasteiger charge is 2.02. The van der Waals surface area contributed by atoms with Gasteiger partial charge in [-0.2, -0.15) is 0 Å². The van der Waals surface area contributed by atoms with E-state index in [2.05, 4.69) is 15.2 Å². The molecule has 0 radical (unpaired) electrons. The molecule has 0 unspecified atom stereocenters. The zero-order valence-electron chi connectivity index (χ0n) is 4.72. The number of thiazole rings is 1. The molecule has 0 aliphatic carbocycles. The molecule has 2 rings (SSSR count). The maximum Gasteiger partial charge on any atom is 0.306 e. The zero-order chi connectivity index (χ0) is 7.14. The van der Waals surface area contributed by atoms with Gasteiger partial charge < -0.3 is 0 Å². The molecule has 0 aliphatic heterocycles. The summed E-state index contributed by atoms with van der Waals surface area (Å²) in [6.45, 7) is 0. The third kappa shape index (κ3) is 0.561. The Morgan fingerprint density at radius 1 is 1.20 bits per heavy atom. The first-order valence-corrected chi connectivity index (χ1v) is 3.38. The van der Waals surface area contributed by atoms with Crippen LogP contribution in [0.5, 0.6) is 0 Å². The van der Waals surface area contributed by atoms with Crippen LogP contribution in [0.15, 0.2) is 9.59 Å². The lowest BCUT2D eigenvalue weighted by molar-refractivity contribution is 1.06. The van der Waals surface area contributed by atoms with Crippen LogP contribution in [-0.4, -0.2) is 15.2 Å². The van der Waals surface area contributed by atoms with Crippen molar-refractivity contribution < 1.29 is 0 Å². The number of H-pyrrole nitrogens is 3. The summed E-state index contributed by atoms with van der Waals surface area (Å²) in [5, 5.41) is 4.87. The van der Waals surface area contributed by atoms with Crippen molar-refractivity contribution in [2.24, 2.45) is 0 Å². The van der Waals surface area contributed by atoms with Gasteiger partial charge in [0.25, 0.3) is 5.56 Å². The Bertz CT molecular complexity index is 458. The normalized spacial score (nSPS) is 10.8. The van der Waals surface area contributed by atoms with Crippen LogP contribution in [-0.2, 0) is 0 Å². The molecule has 2 aromatic rings. The van der Waals surface area contributed by atoms with Crippen molar-refractivity contribution in [2.45, 2.75) is 0 Å². The van der Waals surface area contributed by atoms with E-state index >= 15 is 0 Å². The first-order valence-electron chi connectivity index (χ1n) is 2.57. The minimum Gasteiger partial charge on any atom is -0.297 e. The molecule has 0 bridgehead atoms. The fourth-order valence-corrected chi connectivity index (χ4v) is 1.44. The first-order chi connectivity index (χ1) is 4.77. The van der Waals surface area contributed by atoms with Gasteiger partial charge in [0.05, 0.1) is 0 Å². The van der Waals surface area contributed by atoms with E-state index in [-0.39, 0.29) is 10.4 Å². The second-order valence-electron chi connectivity index (χ2n) is 1.80. The molecule has 6 heteroatoms. The quantitative estimate of drug-likeness (QED) is 0.486. The molecule has 0 amide bonds. The number of aromatic nitrogens is 3. The summed E-state index contributed by atoms with van der Waals surface area (Å²) < 4.78 is 0.421. The molecule has 0 saturated carbocycles. The highest BCUT2D eigenvalue weighted by Crippen LogP contribution is 2.02. The summed E-state index contributed by atoms with van der Waals surface area (Å²) in [4.78, 5) is 23.6. The molecule has 0 fully saturated rings. The molecule has 0 spiro atoms. The summed E-state index contributed by atoms with van der Waals surface area (Å²) in [5.74, 6) is 0. The summed E-state index contributed by atoms with van der Waals surface area (Å²) in [7, 11) is 0. The van der Waals surface area contributed by atoms with E-state index in [0.29, 0.717) is 10.3 Å². The first kappa shape index (κ1) is 5.48. The summed E-state index contributed by atoms with van der Waals surface area (Å²) in [6.07, 6.45) is 0. The standard InChI is InChI=1S/C4H3N3O2S/c8-3-1-2(6-7-3)5-4(9)10-1/h(H3,5,6,7,8,9). The van der Waals surface area contributed by atoms with Gasteiger partial charge in [0.15, 0.2) is 0 Å². The van der Waals surface area contributed by atoms with Crippen LogP contribution >= 0.6 is 11.3 Å². The maximum atomic E-state index is 10.8. The fourth-order valence-electron chi connectivity index (χ4n) is 0.752. The van der Waals surface area contributed by atoms with E-state index in [1.807, 2.05) is 0 Å². The van der Waals surface area contributed by atoms with Gasteiger partial charge in [-0.25, -0.2) is 0 Å². The smallest absolute Gasteiger partial charge is 0.297 e. The van der Waals surface area contributed by atoms with E-state index < -0.39 is 0 Å². The fraction of sp³-hybridized carbons (Fsp3) is 0. The number of fused-ring (bicyclic) bond motifs is 1. The molecule has 10 heavy (non-hydrogen) atoms. The Morgan fingerprint density at radius 2 is 2.00 bits per heavy atom. The van der Waals surface area contributed by atoms with Gasteiger partial charge in [-0.15, -0.1) is 0 Å². The minimum atomic E-state index is -0.252. The molecule has 5 nitrogen and oxygen atoms in total. The lowest BCUT2D eigenvalue weighted by atomic mass is 10.7. The van der Waals surface area contributed by atoms with E-state index in [1.54, 1.807) is 0 Å². The molecule has 0 aliphatic rings. The van der Waals surface area contributed by atoms with Gasteiger partial charge in [-0.3, -0.25) is 24.8 Å². The largest absolute Gasteiger partial charge is 0.306 e. The van der Waals surface area contributed by atoms with Gasteiger partial charge in [0.1, 0.15) is 10.3 Å². The van der Waals surface area contributed by atoms with Crippen LogP contribution in [0.25, 0.3) is 10.3 Å². The van der Waals surface area contributed by atoms with Gasteiger partial charge in [-0.05, 0) is 0 Å². The van der Waals surface area contributed by atoms with Crippen LogP contribution in [0, 0.1) is 0 Å². The minimum absolute atomic E-state index is 0.215. The van der Waals surface area contributed by atoms with E-state index in [0.717, 1.165) is 11.3 Å². The molecular weight excluding hydrogens is 154 g/mol. The van der Waals surface area contributed by atoms with Crippen LogP contribution in [0.3, 0.4) is 0 Å². The maximum absolute atomic E-state index is 10.8. The van der Waals surface area contributed by atoms with Crippen LogP contribution in [0.1, 0.15) is 0 Å². The topological polar surface area (TPSA) is 81.5 Å². The highest BCUT2D eigenvalue weighted by atomic mass is 32.1. The number of hydrogen-bond acceptors (Lipinski definition) is 3. The molecule has 3 N–H and O–H groups in total. The van der Waals surface area contributed by atoms with E-state index in [9.17, 15) is 9.59 Å². The van der Waals surface area contributed by atoms with Crippen molar-refractivity contribution in [1.82, 2.24) is 15.2 Å². The van der Waals surface area contributed by atoms with Crippen LogP contribution in [0.2, 0.25) is 0 Å². The Hall–Kier alpha value is -1.30. The molecule has 0 atom stereocenters. The Kier molecular flexibility index (Phi) is 0.877. The summed E-state index contributed by atoms with van der Waals surface area (Å²) >= 11 is 0.899. The van der Waals surface area contributed by atoms with E-state index in [4.69, 9.17) is 0 Å². The third-order valence-corrected chi connectivity index (χ3v) is 2.04. The summed E-state index contributed by atoms with van der Waals surface area (Å²) in [5.41, 5.74) is 0.221. The van der Waals surface area contributed by atoms with Crippen molar-refractivity contribution in [2.75, 3.05) is 0 Å². The SMILES string of the molecule is O=c1[nH]c2[nH][nH]c(=O)c2s1. The van der Waals surface area contributed by atoms with Crippen LogP contribution < -0.4 is 10.4 Å². The van der Waals surface area contributed by atoms with Crippen LogP contribution in [0.4, 0.5) is 0 Å². The van der Waals surface area contributed by atoms with Crippen molar-refractivity contribution in [3.8, 4) is 0 Å². The molecule has 2 heterocycles. The number of hydrogen-bond donors (Lipinski definition) is 3. The second kappa shape index (κ2) is 1.60. The monoisotopic (exact) mass is 157 g/mol. The number of nitrogens with one attached hydrogen (secondary N) is 3. The molecule has 2 aromatic heterocycles. The number of aromatic amines is 3. The third-order valence-electron chi connectivity index (χ3n) is 1.16. The predicted octanol–water partition coefficient (Wildman–Crippen LogP) is -0.394. The van der Waals surface area contributed by atoms with Gasteiger partial charge in [0.2, 0.25) is 0 Å². The Balaban J connectivity index is 3.18. The molecule has 52 valence electrons. The molecule has 0 saturated heterocycles. The van der Waals surface area contributed by atoms with Gasteiger partial charge in [-0.1, -0.05) is 11.3 Å². The lowest BCUT2D eigenvalue weighted by Crippen LogP contribution is -1.97. The predicted molar refractivity (Wildman–Crippen MR) is 37.4 cm³/mol. The van der Waals surface area contributed by atoms with Gasteiger partial charge >= 0.3 is 4.87 Å². The van der Waals surface area contributed by atoms with E-state index in [1.165, 1.54) is 0 Å². The zero-order valence-corrected chi connectivity index (χ0v) is 5.54. The van der Waals surface area contributed by atoms with Crippen molar-refractivity contribution in [1.29, 1.82) is 0 Å².